The van der Waals surface area contributed by atoms with Crippen molar-refractivity contribution in [3.05, 3.63) is 48.6 Å². The predicted octanol–water partition coefficient (Wildman–Crippen LogP) is 19.2. The molecule has 0 aliphatic rings. The minimum absolute atomic E-state index is 0.155. The summed E-state index contributed by atoms with van der Waals surface area (Å²) in [5.74, 6) is -0.155. The van der Waals surface area contributed by atoms with E-state index in [1.165, 1.54) is 244 Å². The third kappa shape index (κ3) is 52.1. The van der Waals surface area contributed by atoms with Crippen molar-refractivity contribution in [2.75, 3.05) is 6.61 Å². The Labute approximate surface area is 425 Å². The number of unbranched alkanes of at least 4 members (excludes halogenated alkanes) is 40. The highest BCUT2D eigenvalue weighted by Gasteiger charge is 2.26. The van der Waals surface area contributed by atoms with Crippen molar-refractivity contribution in [3.8, 4) is 0 Å². The second-order valence-electron chi connectivity index (χ2n) is 20.9. The largest absolute Gasteiger partial charge is 0.394 e. The Morgan fingerprint density at radius 1 is 0.368 bits per heavy atom. The maximum Gasteiger partial charge on any atom is 0.220 e. The van der Waals surface area contributed by atoms with E-state index in [0.717, 1.165) is 51.4 Å². The topological polar surface area (TPSA) is 89.8 Å². The van der Waals surface area contributed by atoms with Crippen molar-refractivity contribution < 1.29 is 20.1 Å². The molecule has 0 aromatic carbocycles. The molecule has 0 fully saturated rings. The number of amides is 1. The summed E-state index contributed by atoms with van der Waals surface area (Å²) in [7, 11) is 0. The van der Waals surface area contributed by atoms with Crippen molar-refractivity contribution in [2.24, 2.45) is 0 Å². The fourth-order valence-corrected chi connectivity index (χ4v) is 9.45. The molecule has 0 aromatic rings. The lowest BCUT2D eigenvalue weighted by atomic mass is 10.0. The van der Waals surface area contributed by atoms with E-state index in [-0.39, 0.29) is 12.5 Å². The van der Waals surface area contributed by atoms with Crippen LogP contribution in [0.3, 0.4) is 0 Å². The van der Waals surface area contributed by atoms with Gasteiger partial charge in [0.15, 0.2) is 0 Å². The lowest BCUT2D eigenvalue weighted by molar-refractivity contribution is -0.124. The monoisotopic (exact) mass is 954 g/mol. The summed E-state index contributed by atoms with van der Waals surface area (Å²) in [6, 6.07) is -0.833. The molecule has 0 rings (SSSR count). The second-order valence-corrected chi connectivity index (χ2v) is 20.9. The molecule has 3 unspecified atom stereocenters. The van der Waals surface area contributed by atoms with Gasteiger partial charge in [0, 0.05) is 6.42 Å². The number of allylic oxidation sites excluding steroid dienone is 8. The Bertz CT molecular complexity index is 1100. The van der Waals surface area contributed by atoms with E-state index in [1.807, 2.05) is 0 Å². The standard InChI is InChI=1S/C63H119NO4/c1-3-5-7-9-11-13-15-17-19-21-22-23-24-25-26-27-28-29-30-31-32-33-34-35-36-37-38-39-40-42-44-46-48-50-52-54-56-58-62(67)64-60(59-65)63(68)61(66)57-55-53-51-49-47-45-43-41-20-18-16-14-12-10-8-6-4-2/h26-27,29-30,41,43,49,51,60-61,63,65-66,68H,3-25,28,31-40,42,44-48,50,52-59H2,1-2H3,(H,64,67)/b27-26-,30-29-,43-41+,51-49+. The first-order valence-corrected chi connectivity index (χ1v) is 30.4. The van der Waals surface area contributed by atoms with Gasteiger partial charge in [0.1, 0.15) is 6.10 Å². The van der Waals surface area contributed by atoms with Gasteiger partial charge in [0.2, 0.25) is 5.91 Å². The van der Waals surface area contributed by atoms with Crippen molar-refractivity contribution in [1.29, 1.82) is 0 Å². The van der Waals surface area contributed by atoms with Gasteiger partial charge >= 0.3 is 0 Å². The van der Waals surface area contributed by atoms with Gasteiger partial charge in [-0.05, 0) is 83.5 Å². The summed E-state index contributed by atoms with van der Waals surface area (Å²) in [5.41, 5.74) is 0. The fraction of sp³-hybridized carbons (Fsp3) is 0.857. The number of carbonyl (C=O) groups excluding carboxylic acids is 1. The summed E-state index contributed by atoms with van der Waals surface area (Å²) in [6.07, 6.45) is 77.2. The first-order valence-electron chi connectivity index (χ1n) is 30.4. The molecule has 1 amide bonds. The average Bonchev–Trinajstić information content (AvgIpc) is 3.34. The number of nitrogens with one attached hydrogen (secondary N) is 1. The van der Waals surface area contributed by atoms with Gasteiger partial charge in [-0.1, -0.05) is 281 Å². The van der Waals surface area contributed by atoms with E-state index >= 15 is 0 Å². The number of aliphatic hydroxyl groups is 3. The van der Waals surface area contributed by atoms with Crippen LogP contribution in [0, 0.1) is 0 Å². The van der Waals surface area contributed by atoms with Crippen molar-refractivity contribution >= 4 is 5.91 Å². The molecule has 5 nitrogen and oxygen atoms in total. The van der Waals surface area contributed by atoms with Crippen LogP contribution in [0.5, 0.6) is 0 Å². The van der Waals surface area contributed by atoms with E-state index in [0.29, 0.717) is 12.8 Å². The zero-order valence-corrected chi connectivity index (χ0v) is 45.7. The molecular formula is C63H119NO4. The zero-order chi connectivity index (χ0) is 49.3. The maximum absolute atomic E-state index is 12.5. The number of hydrogen-bond donors (Lipinski definition) is 4. The second kappa shape index (κ2) is 57.9. The summed E-state index contributed by atoms with van der Waals surface area (Å²) in [4.78, 5) is 12.5. The smallest absolute Gasteiger partial charge is 0.220 e. The normalized spacial score (nSPS) is 13.5. The van der Waals surface area contributed by atoms with Crippen LogP contribution < -0.4 is 5.32 Å². The van der Waals surface area contributed by atoms with E-state index < -0.39 is 18.2 Å². The van der Waals surface area contributed by atoms with Gasteiger partial charge < -0.3 is 20.6 Å². The highest BCUT2D eigenvalue weighted by Crippen LogP contribution is 2.17. The molecule has 68 heavy (non-hydrogen) atoms. The SMILES string of the molecule is CCCCCCCCCC/C=C/CC/C=C/CCCC(O)C(O)C(CO)NC(=O)CCCCCCCCCCCCCCCCCCC/C=C\C/C=C\CCCCCCCCCCCCCCC. The van der Waals surface area contributed by atoms with Crippen molar-refractivity contribution in [2.45, 2.75) is 340 Å². The Kier molecular flexibility index (Phi) is 56.4. The molecule has 0 bridgehead atoms. The zero-order valence-electron chi connectivity index (χ0n) is 45.7. The van der Waals surface area contributed by atoms with Crippen molar-refractivity contribution in [1.82, 2.24) is 5.32 Å². The van der Waals surface area contributed by atoms with Crippen LogP contribution in [0.25, 0.3) is 0 Å². The van der Waals surface area contributed by atoms with Crippen LogP contribution in [0.2, 0.25) is 0 Å². The molecule has 4 N–H and O–H groups in total. The third-order valence-electron chi connectivity index (χ3n) is 14.1. The summed E-state index contributed by atoms with van der Waals surface area (Å²) < 4.78 is 0. The Balaban J connectivity index is 3.51. The van der Waals surface area contributed by atoms with Crippen LogP contribution >= 0.6 is 0 Å². The summed E-state index contributed by atoms with van der Waals surface area (Å²) in [5, 5.41) is 33.7. The van der Waals surface area contributed by atoms with Crippen LogP contribution in [0.4, 0.5) is 0 Å². The molecule has 400 valence electrons. The Morgan fingerprint density at radius 3 is 0.985 bits per heavy atom. The van der Waals surface area contributed by atoms with Gasteiger partial charge in [-0.3, -0.25) is 4.79 Å². The van der Waals surface area contributed by atoms with Gasteiger partial charge in [0.25, 0.3) is 0 Å². The number of hydrogen-bond acceptors (Lipinski definition) is 4. The summed E-state index contributed by atoms with van der Waals surface area (Å²) in [6.45, 7) is 4.19. The lowest BCUT2D eigenvalue weighted by Gasteiger charge is -2.26. The molecule has 0 spiro atoms. The third-order valence-corrected chi connectivity index (χ3v) is 14.1. The highest BCUT2D eigenvalue weighted by atomic mass is 16.3. The molecule has 0 aliphatic carbocycles. The van der Waals surface area contributed by atoms with Crippen LogP contribution in [-0.2, 0) is 4.79 Å². The number of rotatable bonds is 56. The molecule has 0 radical (unpaired) electrons. The molecule has 0 aromatic heterocycles. The molecular weight excluding hydrogens is 835 g/mol. The Morgan fingerprint density at radius 2 is 0.647 bits per heavy atom. The summed E-state index contributed by atoms with van der Waals surface area (Å²) >= 11 is 0. The molecule has 0 saturated heterocycles. The number of aliphatic hydroxyl groups excluding tert-OH is 3. The molecule has 0 aliphatic heterocycles. The average molecular weight is 955 g/mol. The Hall–Kier alpha value is -1.69. The van der Waals surface area contributed by atoms with Gasteiger partial charge in [0.05, 0.1) is 18.8 Å². The van der Waals surface area contributed by atoms with Crippen molar-refractivity contribution in [3.63, 3.8) is 0 Å². The predicted molar refractivity (Wildman–Crippen MR) is 301 cm³/mol. The highest BCUT2D eigenvalue weighted by molar-refractivity contribution is 5.76. The molecule has 0 saturated carbocycles. The fourth-order valence-electron chi connectivity index (χ4n) is 9.45. The number of carbonyl (C=O) groups is 1. The lowest BCUT2D eigenvalue weighted by Crippen LogP contribution is -2.50. The molecule has 5 heteroatoms. The molecule has 3 atom stereocenters. The van der Waals surface area contributed by atoms with Crippen LogP contribution in [0.1, 0.15) is 322 Å². The van der Waals surface area contributed by atoms with Gasteiger partial charge in [-0.2, -0.15) is 0 Å². The molecule has 0 heterocycles. The van der Waals surface area contributed by atoms with E-state index in [9.17, 15) is 20.1 Å². The first kappa shape index (κ1) is 66.3. The van der Waals surface area contributed by atoms with E-state index in [4.69, 9.17) is 0 Å². The minimum Gasteiger partial charge on any atom is -0.394 e. The first-order chi connectivity index (χ1) is 33.6. The van der Waals surface area contributed by atoms with Gasteiger partial charge in [-0.15, -0.1) is 0 Å². The van der Waals surface area contributed by atoms with E-state index in [2.05, 4.69) is 67.8 Å². The quantitative estimate of drug-likeness (QED) is 0.0361. The van der Waals surface area contributed by atoms with Crippen LogP contribution in [-0.4, -0.2) is 46.1 Å². The van der Waals surface area contributed by atoms with E-state index in [1.54, 1.807) is 0 Å². The van der Waals surface area contributed by atoms with Gasteiger partial charge in [-0.25, -0.2) is 0 Å². The minimum atomic E-state index is -1.17. The maximum atomic E-state index is 12.5. The van der Waals surface area contributed by atoms with Crippen LogP contribution in [0.15, 0.2) is 48.6 Å².